The molecule has 1 aliphatic rings. The molecule has 2 heterocycles. The molecule has 1 unspecified atom stereocenters. The molecule has 1 saturated heterocycles. The van der Waals surface area contributed by atoms with Crippen LogP contribution >= 0.6 is 12.2 Å². The first kappa shape index (κ1) is 13.9. The van der Waals surface area contributed by atoms with Crippen LogP contribution < -0.4 is 5.73 Å². The van der Waals surface area contributed by atoms with Crippen molar-refractivity contribution in [2.75, 3.05) is 13.1 Å². The van der Waals surface area contributed by atoms with Crippen LogP contribution in [0, 0.1) is 5.92 Å². The van der Waals surface area contributed by atoms with Crippen LogP contribution in [0.5, 0.6) is 0 Å². The molecule has 0 bridgehead atoms. The molecule has 2 N–H and O–H groups in total. The van der Waals surface area contributed by atoms with Gasteiger partial charge in [0.2, 0.25) is 0 Å². The van der Waals surface area contributed by atoms with E-state index in [-0.39, 0.29) is 11.8 Å². The molecule has 1 aromatic carbocycles. The minimum Gasteiger partial charge on any atom is -0.393 e. The van der Waals surface area contributed by atoms with E-state index in [4.69, 9.17) is 18.0 Å². The third kappa shape index (κ3) is 2.74. The summed E-state index contributed by atoms with van der Waals surface area (Å²) >= 11 is 5.08. The molecule has 2 aromatic rings. The zero-order chi connectivity index (χ0) is 14.8. The SMILES string of the molecule is NC(=S)C1CCCN(C(=O)c2ccnc3ccccc23)C1. The number of nitrogens with zero attached hydrogens (tertiary/aromatic N) is 2. The lowest BCUT2D eigenvalue weighted by molar-refractivity contribution is 0.0705. The van der Waals surface area contributed by atoms with Crippen LogP contribution in [-0.4, -0.2) is 33.9 Å². The molecule has 1 aliphatic heterocycles. The molecule has 1 amide bonds. The molecule has 1 atom stereocenters. The predicted molar refractivity (Wildman–Crippen MR) is 87.2 cm³/mol. The van der Waals surface area contributed by atoms with Crippen molar-refractivity contribution >= 4 is 34.0 Å². The minimum atomic E-state index is 0.0366. The maximum absolute atomic E-state index is 12.8. The van der Waals surface area contributed by atoms with Crippen LogP contribution in [-0.2, 0) is 0 Å². The summed E-state index contributed by atoms with van der Waals surface area (Å²) in [5.41, 5.74) is 7.28. The van der Waals surface area contributed by atoms with Gasteiger partial charge < -0.3 is 10.6 Å². The van der Waals surface area contributed by atoms with Crippen molar-refractivity contribution in [1.82, 2.24) is 9.88 Å². The fourth-order valence-electron chi connectivity index (χ4n) is 2.85. The highest BCUT2D eigenvalue weighted by molar-refractivity contribution is 7.80. The van der Waals surface area contributed by atoms with Gasteiger partial charge in [-0.2, -0.15) is 0 Å². The average Bonchev–Trinajstić information content (AvgIpc) is 2.53. The number of thiocarbonyl (C=S) groups is 1. The number of hydrogen-bond donors (Lipinski definition) is 1. The molecule has 4 nitrogen and oxygen atoms in total. The number of amides is 1. The van der Waals surface area contributed by atoms with Crippen LogP contribution in [0.25, 0.3) is 10.9 Å². The lowest BCUT2D eigenvalue weighted by atomic mass is 9.97. The standard InChI is InChI=1S/C16H17N3OS/c17-15(21)11-4-3-9-19(10-11)16(20)13-7-8-18-14-6-2-1-5-12(13)14/h1-2,5-8,11H,3-4,9-10H2,(H2,17,21). The first-order valence-corrected chi connectivity index (χ1v) is 7.50. The fourth-order valence-corrected chi connectivity index (χ4v) is 3.04. The number of hydrogen-bond acceptors (Lipinski definition) is 3. The number of likely N-dealkylation sites (tertiary alicyclic amines) is 1. The Labute approximate surface area is 129 Å². The highest BCUT2D eigenvalue weighted by atomic mass is 32.1. The Balaban J connectivity index is 1.92. The monoisotopic (exact) mass is 299 g/mol. The highest BCUT2D eigenvalue weighted by Crippen LogP contribution is 2.22. The van der Waals surface area contributed by atoms with Gasteiger partial charge in [-0.25, -0.2) is 0 Å². The number of piperidine rings is 1. The van der Waals surface area contributed by atoms with Gasteiger partial charge in [-0.05, 0) is 25.0 Å². The zero-order valence-corrected chi connectivity index (χ0v) is 12.5. The van der Waals surface area contributed by atoms with Crippen LogP contribution in [0.1, 0.15) is 23.2 Å². The maximum atomic E-state index is 12.8. The topological polar surface area (TPSA) is 59.2 Å². The molecule has 5 heteroatoms. The summed E-state index contributed by atoms with van der Waals surface area (Å²) in [5, 5.41) is 0.891. The Morgan fingerprint density at radius 1 is 1.33 bits per heavy atom. The molecular weight excluding hydrogens is 282 g/mol. The number of para-hydroxylation sites is 1. The van der Waals surface area contributed by atoms with Crippen molar-refractivity contribution in [3.8, 4) is 0 Å². The summed E-state index contributed by atoms with van der Waals surface area (Å²) in [4.78, 5) is 19.5. The number of carbonyl (C=O) groups is 1. The average molecular weight is 299 g/mol. The Kier molecular flexibility index (Phi) is 3.84. The fraction of sp³-hybridized carbons (Fsp3) is 0.312. The van der Waals surface area contributed by atoms with Crippen LogP contribution in [0.15, 0.2) is 36.5 Å². The van der Waals surface area contributed by atoms with Gasteiger partial charge in [0.05, 0.1) is 16.1 Å². The molecule has 1 aromatic heterocycles. The normalized spacial score (nSPS) is 18.7. The molecule has 3 rings (SSSR count). The van der Waals surface area contributed by atoms with Crippen molar-refractivity contribution in [2.45, 2.75) is 12.8 Å². The largest absolute Gasteiger partial charge is 0.393 e. The van der Waals surface area contributed by atoms with Crippen molar-refractivity contribution in [2.24, 2.45) is 11.7 Å². The molecule has 108 valence electrons. The minimum absolute atomic E-state index is 0.0366. The van der Waals surface area contributed by atoms with E-state index in [0.29, 0.717) is 17.1 Å². The van der Waals surface area contributed by atoms with Crippen LogP contribution in [0.4, 0.5) is 0 Å². The molecule has 0 radical (unpaired) electrons. The number of fused-ring (bicyclic) bond motifs is 1. The first-order valence-electron chi connectivity index (χ1n) is 7.09. The second-order valence-corrected chi connectivity index (χ2v) is 5.84. The van der Waals surface area contributed by atoms with E-state index in [1.54, 1.807) is 12.3 Å². The molecule has 1 fully saturated rings. The van der Waals surface area contributed by atoms with Crippen molar-refractivity contribution < 1.29 is 4.79 Å². The summed E-state index contributed by atoms with van der Waals surface area (Å²) in [5.74, 6) is 0.167. The van der Waals surface area contributed by atoms with E-state index in [2.05, 4.69) is 4.98 Å². The van der Waals surface area contributed by atoms with Gasteiger partial charge in [0.1, 0.15) is 0 Å². The summed E-state index contributed by atoms with van der Waals surface area (Å²) in [6.45, 7) is 1.37. The predicted octanol–water partition coefficient (Wildman–Crippen LogP) is 2.37. The van der Waals surface area contributed by atoms with Gasteiger partial charge in [0, 0.05) is 30.6 Å². The van der Waals surface area contributed by atoms with Gasteiger partial charge in [-0.3, -0.25) is 9.78 Å². The molecule has 0 spiro atoms. The number of aromatic nitrogens is 1. The van der Waals surface area contributed by atoms with E-state index in [1.807, 2.05) is 29.2 Å². The van der Waals surface area contributed by atoms with Crippen LogP contribution in [0.3, 0.4) is 0 Å². The number of pyridine rings is 1. The summed E-state index contributed by atoms with van der Waals surface area (Å²) in [6, 6.07) is 9.49. The van der Waals surface area contributed by atoms with Crippen molar-refractivity contribution in [3.63, 3.8) is 0 Å². The Morgan fingerprint density at radius 2 is 2.14 bits per heavy atom. The first-order chi connectivity index (χ1) is 10.2. The number of rotatable bonds is 2. The van der Waals surface area contributed by atoms with Gasteiger partial charge >= 0.3 is 0 Å². The Hall–Kier alpha value is -2.01. The van der Waals surface area contributed by atoms with Crippen molar-refractivity contribution in [3.05, 3.63) is 42.1 Å². The lowest BCUT2D eigenvalue weighted by Gasteiger charge is -2.32. The third-order valence-corrected chi connectivity index (χ3v) is 4.32. The van der Waals surface area contributed by atoms with Gasteiger partial charge in [0.15, 0.2) is 0 Å². The number of benzene rings is 1. The zero-order valence-electron chi connectivity index (χ0n) is 11.7. The molecular formula is C16H17N3OS. The second kappa shape index (κ2) is 5.77. The van der Waals surface area contributed by atoms with E-state index in [9.17, 15) is 4.79 Å². The van der Waals surface area contributed by atoms with E-state index in [0.717, 1.165) is 30.3 Å². The molecule has 21 heavy (non-hydrogen) atoms. The van der Waals surface area contributed by atoms with E-state index in [1.165, 1.54) is 0 Å². The number of nitrogens with two attached hydrogens (primary N) is 1. The van der Waals surface area contributed by atoms with Gasteiger partial charge in [0.25, 0.3) is 5.91 Å². The van der Waals surface area contributed by atoms with E-state index >= 15 is 0 Å². The molecule has 0 aliphatic carbocycles. The Bertz CT molecular complexity index is 695. The molecule has 0 saturated carbocycles. The summed E-state index contributed by atoms with van der Waals surface area (Å²) in [6.07, 6.45) is 3.59. The quantitative estimate of drug-likeness (QED) is 0.865. The van der Waals surface area contributed by atoms with E-state index < -0.39 is 0 Å². The maximum Gasteiger partial charge on any atom is 0.254 e. The second-order valence-electron chi connectivity index (χ2n) is 5.37. The Morgan fingerprint density at radius 3 is 2.95 bits per heavy atom. The summed E-state index contributed by atoms with van der Waals surface area (Å²) < 4.78 is 0. The van der Waals surface area contributed by atoms with Gasteiger partial charge in [-0.15, -0.1) is 0 Å². The summed E-state index contributed by atoms with van der Waals surface area (Å²) in [7, 11) is 0. The number of carbonyl (C=O) groups excluding carboxylic acids is 1. The lowest BCUT2D eigenvalue weighted by Crippen LogP contribution is -2.43. The highest BCUT2D eigenvalue weighted by Gasteiger charge is 2.26. The smallest absolute Gasteiger partial charge is 0.254 e. The third-order valence-electron chi connectivity index (χ3n) is 3.99. The van der Waals surface area contributed by atoms with Crippen LogP contribution in [0.2, 0.25) is 0 Å². The van der Waals surface area contributed by atoms with Gasteiger partial charge in [-0.1, -0.05) is 30.4 Å². The van der Waals surface area contributed by atoms with Crippen molar-refractivity contribution in [1.29, 1.82) is 0 Å².